The summed E-state index contributed by atoms with van der Waals surface area (Å²) in [5.74, 6) is -0.229. The van der Waals surface area contributed by atoms with Crippen molar-refractivity contribution in [3.8, 4) is 0 Å². The van der Waals surface area contributed by atoms with Crippen LogP contribution in [0.2, 0.25) is 0 Å². The van der Waals surface area contributed by atoms with Crippen LogP contribution in [0.1, 0.15) is 25.0 Å². The standard InChI is InChI=1S/C10H14FN.ClH/c1-7-4-5-9(11)8(6-7)10(2,3)12;/h4-6H,12H2,1-3H3;1H. The lowest BCUT2D eigenvalue weighted by molar-refractivity contribution is 0.501. The molecular weight excluding hydrogens is 189 g/mol. The van der Waals surface area contributed by atoms with Crippen LogP contribution in [0.25, 0.3) is 0 Å². The highest BCUT2D eigenvalue weighted by Crippen LogP contribution is 2.21. The van der Waals surface area contributed by atoms with E-state index >= 15 is 0 Å². The molecular formula is C10H15ClFN. The third-order valence-corrected chi connectivity index (χ3v) is 1.82. The fraction of sp³-hybridized carbons (Fsp3) is 0.400. The number of hydrogen-bond acceptors (Lipinski definition) is 1. The molecule has 0 saturated carbocycles. The van der Waals surface area contributed by atoms with E-state index in [9.17, 15) is 4.39 Å². The minimum absolute atomic E-state index is 0. The predicted octanol–water partition coefficient (Wildman–Crippen LogP) is 2.75. The molecule has 0 radical (unpaired) electrons. The number of halogens is 2. The summed E-state index contributed by atoms with van der Waals surface area (Å²) in [6, 6.07) is 4.99. The smallest absolute Gasteiger partial charge is 0.128 e. The molecule has 1 aromatic rings. The van der Waals surface area contributed by atoms with E-state index in [0.717, 1.165) is 5.56 Å². The molecule has 2 N–H and O–H groups in total. The molecule has 0 bridgehead atoms. The Bertz CT molecular complexity index is 291. The van der Waals surface area contributed by atoms with Gasteiger partial charge in [-0.2, -0.15) is 0 Å². The molecule has 13 heavy (non-hydrogen) atoms. The van der Waals surface area contributed by atoms with E-state index in [2.05, 4.69) is 0 Å². The fourth-order valence-electron chi connectivity index (χ4n) is 1.13. The van der Waals surface area contributed by atoms with Gasteiger partial charge in [-0.05, 0) is 26.8 Å². The number of benzene rings is 1. The van der Waals surface area contributed by atoms with Crippen molar-refractivity contribution in [2.45, 2.75) is 26.3 Å². The van der Waals surface area contributed by atoms with Crippen LogP contribution < -0.4 is 5.73 Å². The molecule has 0 spiro atoms. The molecule has 0 fully saturated rings. The molecule has 0 aliphatic carbocycles. The predicted molar refractivity (Wildman–Crippen MR) is 55.6 cm³/mol. The molecule has 0 aromatic heterocycles. The number of nitrogens with two attached hydrogens (primary N) is 1. The zero-order valence-electron chi connectivity index (χ0n) is 8.10. The Hall–Kier alpha value is -0.600. The molecule has 0 heterocycles. The Morgan fingerprint density at radius 1 is 1.31 bits per heavy atom. The Balaban J connectivity index is 0.00000144. The van der Waals surface area contributed by atoms with Gasteiger partial charge in [-0.1, -0.05) is 17.7 Å². The largest absolute Gasteiger partial charge is 0.322 e. The second kappa shape index (κ2) is 4.07. The Kier molecular flexibility index (Phi) is 3.88. The molecule has 0 aliphatic rings. The second-order valence-corrected chi connectivity index (χ2v) is 3.70. The molecule has 1 nitrogen and oxygen atoms in total. The molecule has 1 rings (SSSR count). The zero-order valence-corrected chi connectivity index (χ0v) is 8.91. The van der Waals surface area contributed by atoms with Crippen molar-refractivity contribution in [3.05, 3.63) is 35.1 Å². The third-order valence-electron chi connectivity index (χ3n) is 1.82. The van der Waals surface area contributed by atoms with E-state index in [0.29, 0.717) is 5.56 Å². The van der Waals surface area contributed by atoms with Crippen molar-refractivity contribution in [1.82, 2.24) is 0 Å². The van der Waals surface area contributed by atoms with Gasteiger partial charge >= 0.3 is 0 Å². The molecule has 0 amide bonds. The van der Waals surface area contributed by atoms with E-state index in [1.807, 2.05) is 6.92 Å². The molecule has 1 aromatic carbocycles. The summed E-state index contributed by atoms with van der Waals surface area (Å²) >= 11 is 0. The van der Waals surface area contributed by atoms with Gasteiger partial charge in [0.05, 0.1) is 0 Å². The quantitative estimate of drug-likeness (QED) is 0.747. The van der Waals surface area contributed by atoms with Crippen LogP contribution >= 0.6 is 12.4 Å². The highest BCUT2D eigenvalue weighted by molar-refractivity contribution is 5.85. The summed E-state index contributed by atoms with van der Waals surface area (Å²) in [6.45, 7) is 5.52. The van der Waals surface area contributed by atoms with Gasteiger partial charge in [-0.15, -0.1) is 12.4 Å². The van der Waals surface area contributed by atoms with Gasteiger partial charge in [0.1, 0.15) is 5.82 Å². The van der Waals surface area contributed by atoms with Crippen LogP contribution in [-0.4, -0.2) is 0 Å². The van der Waals surface area contributed by atoms with Crippen LogP contribution in [0, 0.1) is 12.7 Å². The van der Waals surface area contributed by atoms with E-state index < -0.39 is 5.54 Å². The van der Waals surface area contributed by atoms with Crippen molar-refractivity contribution in [2.24, 2.45) is 5.73 Å². The normalized spacial score (nSPS) is 10.8. The van der Waals surface area contributed by atoms with Crippen LogP contribution in [0.15, 0.2) is 18.2 Å². The number of hydrogen-bond donors (Lipinski definition) is 1. The second-order valence-electron chi connectivity index (χ2n) is 3.70. The Morgan fingerprint density at radius 2 is 1.85 bits per heavy atom. The maximum Gasteiger partial charge on any atom is 0.128 e. The first kappa shape index (κ1) is 12.4. The van der Waals surface area contributed by atoms with E-state index in [-0.39, 0.29) is 18.2 Å². The SMILES string of the molecule is Cc1ccc(F)c(C(C)(C)N)c1.Cl. The van der Waals surface area contributed by atoms with E-state index in [1.54, 1.807) is 26.0 Å². The number of aryl methyl sites for hydroxylation is 1. The highest BCUT2D eigenvalue weighted by Gasteiger charge is 2.18. The summed E-state index contributed by atoms with van der Waals surface area (Å²) in [7, 11) is 0. The van der Waals surface area contributed by atoms with Gasteiger partial charge in [0.2, 0.25) is 0 Å². The van der Waals surface area contributed by atoms with Crippen molar-refractivity contribution in [2.75, 3.05) is 0 Å². The lowest BCUT2D eigenvalue weighted by Gasteiger charge is -2.20. The maximum absolute atomic E-state index is 13.2. The lowest BCUT2D eigenvalue weighted by Crippen LogP contribution is -2.29. The third kappa shape index (κ3) is 2.98. The van der Waals surface area contributed by atoms with Crippen LogP contribution in [0.5, 0.6) is 0 Å². The minimum atomic E-state index is -0.601. The van der Waals surface area contributed by atoms with Gasteiger partial charge in [0.15, 0.2) is 0 Å². The minimum Gasteiger partial charge on any atom is -0.322 e. The molecule has 0 atom stereocenters. The van der Waals surface area contributed by atoms with Gasteiger partial charge < -0.3 is 5.73 Å². The molecule has 3 heteroatoms. The van der Waals surface area contributed by atoms with E-state index in [4.69, 9.17) is 5.73 Å². The van der Waals surface area contributed by atoms with Crippen LogP contribution in [0.3, 0.4) is 0 Å². The topological polar surface area (TPSA) is 26.0 Å². The summed E-state index contributed by atoms with van der Waals surface area (Å²) in [5.41, 5.74) is 6.79. The summed E-state index contributed by atoms with van der Waals surface area (Å²) in [4.78, 5) is 0. The zero-order chi connectivity index (χ0) is 9.35. The highest BCUT2D eigenvalue weighted by atomic mass is 35.5. The van der Waals surface area contributed by atoms with Crippen molar-refractivity contribution in [3.63, 3.8) is 0 Å². The molecule has 0 unspecified atom stereocenters. The average molecular weight is 204 g/mol. The Labute approximate surface area is 84.5 Å². The summed E-state index contributed by atoms with van der Waals surface area (Å²) in [6.07, 6.45) is 0. The lowest BCUT2D eigenvalue weighted by atomic mass is 9.94. The first-order valence-corrected chi connectivity index (χ1v) is 3.97. The van der Waals surface area contributed by atoms with Crippen LogP contribution in [0.4, 0.5) is 4.39 Å². The summed E-state index contributed by atoms with van der Waals surface area (Å²) < 4.78 is 13.2. The number of rotatable bonds is 1. The first-order chi connectivity index (χ1) is 5.41. The van der Waals surface area contributed by atoms with Crippen molar-refractivity contribution < 1.29 is 4.39 Å². The molecule has 0 aliphatic heterocycles. The van der Waals surface area contributed by atoms with Crippen molar-refractivity contribution >= 4 is 12.4 Å². The van der Waals surface area contributed by atoms with Gasteiger partial charge in [0.25, 0.3) is 0 Å². The average Bonchev–Trinajstić information content (AvgIpc) is 1.92. The maximum atomic E-state index is 13.2. The van der Waals surface area contributed by atoms with Gasteiger partial charge in [0, 0.05) is 11.1 Å². The molecule has 0 saturated heterocycles. The van der Waals surface area contributed by atoms with Gasteiger partial charge in [-0.25, -0.2) is 4.39 Å². The summed E-state index contributed by atoms with van der Waals surface area (Å²) in [5, 5.41) is 0. The van der Waals surface area contributed by atoms with Crippen molar-refractivity contribution in [1.29, 1.82) is 0 Å². The molecule has 74 valence electrons. The van der Waals surface area contributed by atoms with Crippen LogP contribution in [-0.2, 0) is 5.54 Å². The van der Waals surface area contributed by atoms with E-state index in [1.165, 1.54) is 6.07 Å². The first-order valence-electron chi connectivity index (χ1n) is 3.97. The van der Waals surface area contributed by atoms with Gasteiger partial charge in [-0.3, -0.25) is 0 Å². The fourth-order valence-corrected chi connectivity index (χ4v) is 1.13. The monoisotopic (exact) mass is 203 g/mol. The Morgan fingerprint density at radius 3 is 2.23 bits per heavy atom.